The molecular weight excluding hydrogens is 248 g/mol. The number of aliphatic hydroxyl groups excluding tert-OH is 1. The van der Waals surface area contributed by atoms with Gasteiger partial charge < -0.3 is 20.8 Å². The van der Waals surface area contributed by atoms with Crippen molar-refractivity contribution in [2.24, 2.45) is 0 Å². The average molecular weight is 266 g/mol. The Labute approximate surface area is 102 Å². The molecule has 0 aliphatic rings. The smallest absolute Gasteiger partial charge is 0.328 e. The van der Waals surface area contributed by atoms with Gasteiger partial charge in [0.15, 0.2) is 6.04 Å². The first-order valence-electron chi connectivity index (χ1n) is 5.10. The van der Waals surface area contributed by atoms with Gasteiger partial charge in [-0.2, -0.15) is 0 Å². The lowest BCUT2D eigenvalue weighted by molar-refractivity contribution is -0.141. The number of carbonyl (C=O) groups is 2. The lowest BCUT2D eigenvalue weighted by Crippen LogP contribution is -2.51. The van der Waals surface area contributed by atoms with Crippen LogP contribution < -0.4 is 10.6 Å². The van der Waals surface area contributed by atoms with Crippen LogP contribution in [0.4, 0.5) is 4.79 Å². The van der Waals surface area contributed by atoms with Crippen molar-refractivity contribution in [2.75, 3.05) is 18.6 Å². The zero-order valence-corrected chi connectivity index (χ0v) is 10.6. The Kier molecular flexibility index (Phi) is 7.47. The Morgan fingerprint density at radius 3 is 2.41 bits per heavy atom. The zero-order chi connectivity index (χ0) is 13.4. The Bertz CT molecular complexity index is 295. The van der Waals surface area contributed by atoms with Gasteiger partial charge in [0.25, 0.3) is 0 Å². The van der Waals surface area contributed by atoms with Crippen LogP contribution in [0.15, 0.2) is 0 Å². The Hall–Kier alpha value is -1.15. The fourth-order valence-electron chi connectivity index (χ4n) is 1.06. The molecule has 0 saturated carbocycles. The molecule has 0 aromatic rings. The first-order chi connectivity index (χ1) is 7.84. The minimum absolute atomic E-state index is 0.303. The van der Waals surface area contributed by atoms with Crippen LogP contribution in [0, 0.1) is 0 Å². The third kappa shape index (κ3) is 7.70. The van der Waals surface area contributed by atoms with E-state index >= 15 is 0 Å². The van der Waals surface area contributed by atoms with Crippen molar-refractivity contribution < 1.29 is 24.0 Å². The molecule has 0 fully saturated rings. The Morgan fingerprint density at radius 2 is 2.00 bits per heavy atom. The van der Waals surface area contributed by atoms with Crippen LogP contribution >= 0.6 is 0 Å². The second kappa shape index (κ2) is 8.02. The summed E-state index contributed by atoms with van der Waals surface area (Å²) in [5.41, 5.74) is 0. The molecule has 4 N–H and O–H groups in total. The highest BCUT2D eigenvalue weighted by atomic mass is 32.2. The number of carboxylic acids is 1. The number of aliphatic hydroxyl groups is 1. The number of amides is 2. The molecule has 0 aromatic heterocycles. The molecule has 0 aromatic carbocycles. The summed E-state index contributed by atoms with van der Waals surface area (Å²) in [5.74, 6) is -0.830. The van der Waals surface area contributed by atoms with Gasteiger partial charge in [0.2, 0.25) is 0 Å². The van der Waals surface area contributed by atoms with Crippen molar-refractivity contribution in [2.45, 2.75) is 25.5 Å². The molecule has 7 nitrogen and oxygen atoms in total. The highest BCUT2D eigenvalue weighted by molar-refractivity contribution is 7.84. The van der Waals surface area contributed by atoms with Crippen LogP contribution in [0.1, 0.15) is 13.3 Å². The molecule has 0 bridgehead atoms. The van der Waals surface area contributed by atoms with Gasteiger partial charge >= 0.3 is 12.0 Å². The van der Waals surface area contributed by atoms with Gasteiger partial charge in [-0.05, 0) is 13.3 Å². The molecule has 0 aliphatic carbocycles. The van der Waals surface area contributed by atoms with Crippen molar-refractivity contribution in [3.05, 3.63) is 0 Å². The third-order valence-electron chi connectivity index (χ3n) is 1.93. The molecule has 8 heteroatoms. The number of hydrogen-bond acceptors (Lipinski definition) is 4. The number of rotatable bonds is 7. The molecule has 0 spiro atoms. The normalized spacial score (nSPS) is 15.7. The summed E-state index contributed by atoms with van der Waals surface area (Å²) in [6.07, 6.45) is 0.929. The number of aliphatic carboxylic acids is 1. The van der Waals surface area contributed by atoms with Gasteiger partial charge in [-0.3, -0.25) is 4.21 Å². The van der Waals surface area contributed by atoms with Gasteiger partial charge in [0.05, 0.1) is 6.10 Å². The van der Waals surface area contributed by atoms with Gasteiger partial charge in [-0.1, -0.05) is 0 Å². The highest BCUT2D eigenvalue weighted by Crippen LogP contribution is 1.92. The molecule has 3 unspecified atom stereocenters. The van der Waals surface area contributed by atoms with Crippen molar-refractivity contribution in [3.8, 4) is 0 Å². The van der Waals surface area contributed by atoms with E-state index in [4.69, 9.17) is 10.2 Å². The van der Waals surface area contributed by atoms with Crippen LogP contribution in [0.2, 0.25) is 0 Å². The lowest BCUT2D eigenvalue weighted by atomic mass is 10.2. The van der Waals surface area contributed by atoms with E-state index in [1.165, 1.54) is 6.92 Å². The highest BCUT2D eigenvalue weighted by Gasteiger charge is 2.24. The quantitative estimate of drug-likeness (QED) is 0.436. The molecule has 17 heavy (non-hydrogen) atoms. The Morgan fingerprint density at radius 1 is 1.41 bits per heavy atom. The second-order valence-electron chi connectivity index (χ2n) is 3.59. The summed E-state index contributed by atoms with van der Waals surface area (Å²) in [5, 5.41) is 22.4. The van der Waals surface area contributed by atoms with E-state index in [9.17, 15) is 13.8 Å². The molecule has 0 rings (SSSR count). The first-order valence-corrected chi connectivity index (χ1v) is 6.82. The minimum Gasteiger partial charge on any atom is -0.480 e. The average Bonchev–Trinajstić information content (AvgIpc) is 2.19. The number of hydrogen-bond donors (Lipinski definition) is 4. The fraction of sp³-hybridized carbons (Fsp3) is 0.778. The summed E-state index contributed by atoms with van der Waals surface area (Å²) in [6, 6.07) is -2.00. The van der Waals surface area contributed by atoms with Crippen LogP contribution in [0.3, 0.4) is 0 Å². The summed E-state index contributed by atoms with van der Waals surface area (Å²) in [4.78, 5) is 21.9. The van der Waals surface area contributed by atoms with Gasteiger partial charge in [0.1, 0.15) is 0 Å². The van der Waals surface area contributed by atoms with E-state index in [0.29, 0.717) is 18.7 Å². The van der Waals surface area contributed by atoms with E-state index in [-0.39, 0.29) is 0 Å². The van der Waals surface area contributed by atoms with E-state index in [1.54, 1.807) is 6.26 Å². The Balaban J connectivity index is 3.91. The maximum Gasteiger partial charge on any atom is 0.328 e. The minimum atomic E-state index is -1.34. The predicted octanol–water partition coefficient (Wildman–Crippen LogP) is -1.11. The van der Waals surface area contributed by atoms with Gasteiger partial charge in [0, 0.05) is 29.4 Å². The monoisotopic (exact) mass is 266 g/mol. The largest absolute Gasteiger partial charge is 0.480 e. The molecule has 3 atom stereocenters. The summed E-state index contributed by atoms with van der Waals surface area (Å²) in [7, 11) is -0.911. The molecule has 0 aliphatic heterocycles. The van der Waals surface area contributed by atoms with Crippen molar-refractivity contribution in [1.29, 1.82) is 0 Å². The molecule has 100 valence electrons. The van der Waals surface area contributed by atoms with Crippen molar-refractivity contribution in [1.82, 2.24) is 10.6 Å². The third-order valence-corrected chi connectivity index (χ3v) is 2.79. The predicted molar refractivity (Wildman–Crippen MR) is 63.2 cm³/mol. The van der Waals surface area contributed by atoms with E-state index in [0.717, 1.165) is 0 Å². The zero-order valence-electron chi connectivity index (χ0n) is 9.80. The maximum absolute atomic E-state index is 11.2. The van der Waals surface area contributed by atoms with Crippen LogP contribution in [-0.4, -0.2) is 57.1 Å². The SMILES string of the molecule is CC(O)C(NC(=O)NCCCS(C)=O)C(=O)O. The van der Waals surface area contributed by atoms with Crippen LogP contribution in [-0.2, 0) is 15.6 Å². The van der Waals surface area contributed by atoms with Crippen molar-refractivity contribution >= 4 is 22.8 Å². The fourth-order valence-corrected chi connectivity index (χ4v) is 1.61. The van der Waals surface area contributed by atoms with E-state index < -0.39 is 34.9 Å². The van der Waals surface area contributed by atoms with Gasteiger partial charge in [-0.25, -0.2) is 9.59 Å². The van der Waals surface area contributed by atoms with E-state index in [1.807, 2.05) is 0 Å². The lowest BCUT2D eigenvalue weighted by Gasteiger charge is -2.17. The topological polar surface area (TPSA) is 116 Å². The molecule has 0 radical (unpaired) electrons. The van der Waals surface area contributed by atoms with Crippen molar-refractivity contribution in [3.63, 3.8) is 0 Å². The summed E-state index contributed by atoms with van der Waals surface area (Å²) < 4.78 is 10.7. The maximum atomic E-state index is 11.2. The number of carboxylic acid groups (broad SMARTS) is 1. The second-order valence-corrected chi connectivity index (χ2v) is 5.14. The first kappa shape index (κ1) is 15.9. The standard InChI is InChI=1S/C9H18N2O5S/c1-6(12)7(8(13)14)11-9(15)10-4-3-5-17(2)16/h6-7,12H,3-5H2,1-2H3,(H,13,14)(H2,10,11,15). The summed E-state index contributed by atoms with van der Waals surface area (Å²) >= 11 is 0. The molecule has 0 heterocycles. The summed E-state index contributed by atoms with van der Waals surface area (Å²) in [6.45, 7) is 1.58. The van der Waals surface area contributed by atoms with E-state index in [2.05, 4.69) is 10.6 Å². The van der Waals surface area contributed by atoms with Crippen LogP contribution in [0.5, 0.6) is 0 Å². The van der Waals surface area contributed by atoms with Crippen LogP contribution in [0.25, 0.3) is 0 Å². The number of urea groups is 1. The van der Waals surface area contributed by atoms with Gasteiger partial charge in [-0.15, -0.1) is 0 Å². The molecule has 2 amide bonds. The number of nitrogens with one attached hydrogen (secondary N) is 2. The molecule has 0 saturated heterocycles. The molecular formula is C9H18N2O5S. The number of carbonyl (C=O) groups excluding carboxylic acids is 1.